The van der Waals surface area contributed by atoms with Gasteiger partial charge >= 0.3 is 5.97 Å². The Bertz CT molecular complexity index is 1020. The average Bonchev–Trinajstić information content (AvgIpc) is 2.75. The number of hydrogen-bond acceptors (Lipinski definition) is 5. The molecule has 0 aliphatic heterocycles. The molecule has 0 atom stereocenters. The number of esters is 1. The highest BCUT2D eigenvalue weighted by Gasteiger charge is 2.18. The van der Waals surface area contributed by atoms with Crippen molar-refractivity contribution in [2.45, 2.75) is 30.2 Å². The lowest BCUT2D eigenvalue weighted by atomic mass is 10.1. The lowest BCUT2D eigenvalue weighted by molar-refractivity contribution is 0.0521. The molecule has 0 aromatic heterocycles. The van der Waals surface area contributed by atoms with Crippen LogP contribution in [0.2, 0.25) is 0 Å². The molecular formula is C24H23FO4S. The van der Waals surface area contributed by atoms with E-state index in [1.165, 1.54) is 23.9 Å². The van der Waals surface area contributed by atoms with Crippen molar-refractivity contribution in [1.29, 1.82) is 0 Å². The zero-order valence-corrected chi connectivity index (χ0v) is 17.9. The first kappa shape index (κ1) is 21.7. The van der Waals surface area contributed by atoms with Crippen molar-refractivity contribution in [3.63, 3.8) is 0 Å². The van der Waals surface area contributed by atoms with Gasteiger partial charge in [0.25, 0.3) is 0 Å². The number of halogens is 1. The van der Waals surface area contributed by atoms with Crippen molar-refractivity contribution in [2.75, 3.05) is 13.7 Å². The van der Waals surface area contributed by atoms with Crippen molar-refractivity contribution >= 4 is 17.7 Å². The maximum atomic E-state index is 13.9. The van der Waals surface area contributed by atoms with Gasteiger partial charge in [-0.2, -0.15) is 0 Å². The van der Waals surface area contributed by atoms with Crippen LogP contribution in [0.25, 0.3) is 0 Å². The number of rotatable bonds is 8. The molecular weight excluding hydrogens is 403 g/mol. The second kappa shape index (κ2) is 10.2. The molecule has 3 aromatic rings. The molecule has 3 rings (SSSR count). The SMILES string of the molecule is CCOC(=O)c1cc(F)cc(C)c1Sc1ccc(OCc2ccccc2)c(OC)c1. The van der Waals surface area contributed by atoms with Crippen LogP contribution in [0.1, 0.15) is 28.4 Å². The van der Waals surface area contributed by atoms with Gasteiger partial charge in [0.05, 0.1) is 19.3 Å². The second-order valence-electron chi connectivity index (χ2n) is 6.51. The van der Waals surface area contributed by atoms with E-state index in [0.717, 1.165) is 10.5 Å². The van der Waals surface area contributed by atoms with Crippen LogP contribution in [0.5, 0.6) is 11.5 Å². The number of aryl methyl sites for hydroxylation is 1. The summed E-state index contributed by atoms with van der Waals surface area (Å²) in [6.07, 6.45) is 0. The van der Waals surface area contributed by atoms with E-state index in [1.54, 1.807) is 21.0 Å². The molecule has 0 heterocycles. The molecule has 0 N–H and O–H groups in total. The van der Waals surface area contributed by atoms with Gasteiger partial charge in [0.1, 0.15) is 12.4 Å². The smallest absolute Gasteiger partial charge is 0.339 e. The summed E-state index contributed by atoms with van der Waals surface area (Å²) in [5.41, 5.74) is 1.92. The summed E-state index contributed by atoms with van der Waals surface area (Å²) in [7, 11) is 1.58. The largest absolute Gasteiger partial charge is 0.493 e. The molecule has 0 saturated heterocycles. The van der Waals surface area contributed by atoms with Gasteiger partial charge in [-0.3, -0.25) is 0 Å². The zero-order valence-electron chi connectivity index (χ0n) is 17.1. The maximum Gasteiger partial charge on any atom is 0.339 e. The van der Waals surface area contributed by atoms with Gasteiger partial charge in [0.2, 0.25) is 0 Å². The topological polar surface area (TPSA) is 44.8 Å². The molecule has 0 aliphatic rings. The van der Waals surface area contributed by atoms with Gasteiger partial charge in [-0.15, -0.1) is 0 Å². The van der Waals surface area contributed by atoms with Crippen LogP contribution in [0.3, 0.4) is 0 Å². The Hall–Kier alpha value is -2.99. The standard InChI is InChI=1S/C24H23FO4S/c1-4-28-24(26)20-13-18(25)12-16(2)23(20)30-19-10-11-21(22(14-19)27-3)29-15-17-8-6-5-7-9-17/h5-14H,4,15H2,1-3H3. The minimum atomic E-state index is -0.544. The van der Waals surface area contributed by atoms with Gasteiger partial charge in [-0.1, -0.05) is 42.1 Å². The van der Waals surface area contributed by atoms with E-state index in [2.05, 4.69) is 0 Å². The number of ether oxygens (including phenoxy) is 3. The summed E-state index contributed by atoms with van der Waals surface area (Å²) in [4.78, 5) is 13.8. The molecule has 4 nitrogen and oxygen atoms in total. The Morgan fingerprint density at radius 3 is 2.50 bits per heavy atom. The Morgan fingerprint density at radius 1 is 1.03 bits per heavy atom. The van der Waals surface area contributed by atoms with Crippen LogP contribution in [0.4, 0.5) is 4.39 Å². The second-order valence-corrected chi connectivity index (χ2v) is 7.59. The Morgan fingerprint density at radius 2 is 1.80 bits per heavy atom. The van der Waals surface area contributed by atoms with Gasteiger partial charge in [-0.25, -0.2) is 9.18 Å². The number of carbonyl (C=O) groups is 1. The van der Waals surface area contributed by atoms with E-state index in [0.29, 0.717) is 28.6 Å². The van der Waals surface area contributed by atoms with Crippen LogP contribution >= 0.6 is 11.8 Å². The predicted molar refractivity (Wildman–Crippen MR) is 115 cm³/mol. The van der Waals surface area contributed by atoms with Gasteiger partial charge in [-0.05, 0) is 55.3 Å². The average molecular weight is 427 g/mol. The van der Waals surface area contributed by atoms with Crippen LogP contribution in [0, 0.1) is 12.7 Å². The Kier molecular flexibility index (Phi) is 7.36. The molecule has 0 unspecified atom stereocenters. The lowest BCUT2D eigenvalue weighted by Gasteiger charge is -2.14. The zero-order chi connectivity index (χ0) is 21.5. The summed E-state index contributed by atoms with van der Waals surface area (Å²) in [5.74, 6) is 0.181. The first-order chi connectivity index (χ1) is 14.5. The summed E-state index contributed by atoms with van der Waals surface area (Å²) in [5, 5.41) is 0. The van der Waals surface area contributed by atoms with E-state index >= 15 is 0 Å². The third-order valence-electron chi connectivity index (χ3n) is 4.33. The summed E-state index contributed by atoms with van der Waals surface area (Å²) >= 11 is 1.35. The molecule has 0 amide bonds. The van der Waals surface area contributed by atoms with Crippen molar-refractivity contribution in [3.05, 3.63) is 83.2 Å². The molecule has 30 heavy (non-hydrogen) atoms. The van der Waals surface area contributed by atoms with Crippen molar-refractivity contribution in [2.24, 2.45) is 0 Å². The fourth-order valence-electron chi connectivity index (χ4n) is 2.91. The normalized spacial score (nSPS) is 10.5. The van der Waals surface area contributed by atoms with Gasteiger partial charge in [0, 0.05) is 9.79 Å². The lowest BCUT2D eigenvalue weighted by Crippen LogP contribution is -2.08. The van der Waals surface area contributed by atoms with Crippen molar-refractivity contribution in [1.82, 2.24) is 0 Å². The minimum Gasteiger partial charge on any atom is -0.493 e. The van der Waals surface area contributed by atoms with Gasteiger partial charge in [0.15, 0.2) is 11.5 Å². The fourth-order valence-corrected chi connectivity index (χ4v) is 3.92. The first-order valence-electron chi connectivity index (χ1n) is 9.51. The quantitative estimate of drug-likeness (QED) is 0.410. The van der Waals surface area contributed by atoms with Crippen molar-refractivity contribution in [3.8, 4) is 11.5 Å². The first-order valence-corrected chi connectivity index (χ1v) is 10.3. The van der Waals surface area contributed by atoms with Crippen LogP contribution < -0.4 is 9.47 Å². The third-order valence-corrected chi connectivity index (χ3v) is 5.56. The van der Waals surface area contributed by atoms with Crippen LogP contribution in [-0.2, 0) is 11.3 Å². The van der Waals surface area contributed by atoms with E-state index in [-0.39, 0.29) is 12.2 Å². The minimum absolute atomic E-state index is 0.211. The monoisotopic (exact) mass is 426 g/mol. The molecule has 6 heteroatoms. The summed E-state index contributed by atoms with van der Waals surface area (Å²) in [6.45, 7) is 4.13. The number of methoxy groups -OCH3 is 1. The highest BCUT2D eigenvalue weighted by atomic mass is 32.2. The molecule has 156 valence electrons. The molecule has 0 radical (unpaired) electrons. The summed E-state index contributed by atoms with van der Waals surface area (Å²) in [6, 6.07) is 18.0. The number of hydrogen-bond donors (Lipinski definition) is 0. The molecule has 0 aliphatic carbocycles. The number of benzene rings is 3. The Labute approximate surface area is 180 Å². The third kappa shape index (κ3) is 5.33. The number of carbonyl (C=O) groups excluding carboxylic acids is 1. The molecule has 0 fully saturated rings. The fraction of sp³-hybridized carbons (Fsp3) is 0.208. The van der Waals surface area contributed by atoms with E-state index in [4.69, 9.17) is 14.2 Å². The van der Waals surface area contributed by atoms with E-state index in [1.807, 2.05) is 48.5 Å². The van der Waals surface area contributed by atoms with Crippen LogP contribution in [0.15, 0.2) is 70.5 Å². The highest BCUT2D eigenvalue weighted by molar-refractivity contribution is 7.99. The maximum absolute atomic E-state index is 13.9. The molecule has 3 aromatic carbocycles. The molecule has 0 bridgehead atoms. The Balaban J connectivity index is 1.84. The molecule has 0 spiro atoms. The van der Waals surface area contributed by atoms with Gasteiger partial charge < -0.3 is 14.2 Å². The molecule has 0 saturated carbocycles. The van der Waals surface area contributed by atoms with E-state index in [9.17, 15) is 9.18 Å². The van der Waals surface area contributed by atoms with Crippen LogP contribution in [-0.4, -0.2) is 19.7 Å². The van der Waals surface area contributed by atoms with E-state index < -0.39 is 11.8 Å². The predicted octanol–water partition coefficient (Wildman–Crippen LogP) is 6.05. The summed E-state index contributed by atoms with van der Waals surface area (Å²) < 4.78 is 30.4. The van der Waals surface area contributed by atoms with Crippen molar-refractivity contribution < 1.29 is 23.4 Å². The highest BCUT2D eigenvalue weighted by Crippen LogP contribution is 2.38.